The van der Waals surface area contributed by atoms with Gasteiger partial charge in [-0.1, -0.05) is 48.9 Å². The van der Waals surface area contributed by atoms with Crippen molar-refractivity contribution in [3.05, 3.63) is 58.5 Å². The fraction of sp³-hybridized carbons (Fsp3) is 0.450. The zero-order valence-corrected chi connectivity index (χ0v) is 17.7. The molecule has 1 aliphatic carbocycles. The van der Waals surface area contributed by atoms with Gasteiger partial charge in [-0.2, -0.15) is 4.31 Å². The number of benzene rings is 1. The Morgan fingerprint density at radius 1 is 1.24 bits per heavy atom. The van der Waals surface area contributed by atoms with E-state index in [0.29, 0.717) is 6.42 Å². The van der Waals surface area contributed by atoms with E-state index in [1.165, 1.54) is 4.31 Å². The molecule has 0 aliphatic heterocycles. The van der Waals surface area contributed by atoms with Gasteiger partial charge in [-0.3, -0.25) is 4.79 Å². The molecule has 1 atom stereocenters. The molecule has 0 unspecified atom stereocenters. The highest BCUT2D eigenvalue weighted by molar-refractivity contribution is 7.93. The lowest BCUT2D eigenvalue weighted by atomic mass is 9.76. The molecule has 1 aromatic carbocycles. The van der Waals surface area contributed by atoms with E-state index in [1.54, 1.807) is 19.1 Å². The Morgan fingerprint density at radius 2 is 1.93 bits per heavy atom. The molecule has 29 heavy (non-hydrogen) atoms. The van der Waals surface area contributed by atoms with Crippen LogP contribution in [0.25, 0.3) is 0 Å². The summed E-state index contributed by atoms with van der Waals surface area (Å²) in [5.41, 5.74) is 1.95. The summed E-state index contributed by atoms with van der Waals surface area (Å²) < 4.78 is 26.7. The fourth-order valence-electron chi connectivity index (χ4n) is 3.09. The van der Waals surface area contributed by atoms with Gasteiger partial charge < -0.3 is 15.4 Å². The van der Waals surface area contributed by atoms with Gasteiger partial charge in [-0.05, 0) is 37.8 Å². The van der Waals surface area contributed by atoms with Crippen molar-refractivity contribution in [1.29, 1.82) is 0 Å². The molecule has 2 rings (SSSR count). The zero-order valence-electron chi connectivity index (χ0n) is 16.9. The van der Waals surface area contributed by atoms with Crippen LogP contribution in [0.3, 0.4) is 0 Å². The summed E-state index contributed by atoms with van der Waals surface area (Å²) in [4.78, 5) is 12.6. The predicted molar refractivity (Wildman–Crippen MR) is 114 cm³/mol. The molecular weight excluding hydrogens is 391 g/mol. The average molecular weight is 420 g/mol. The molecule has 7 nitrogen and oxygen atoms in total. The minimum atomic E-state index is -3.64. The highest BCUT2D eigenvalue weighted by Gasteiger charge is 2.28. The number of carbonyl (C=O) groups is 1. The Hall–Kier alpha value is -1.94. The Bertz CT molecular complexity index is 850. The number of rotatable bonds is 10. The lowest BCUT2D eigenvalue weighted by molar-refractivity contribution is -0.121. The molecule has 1 amide bonds. The second-order valence-electron chi connectivity index (χ2n) is 7.11. The van der Waals surface area contributed by atoms with Gasteiger partial charge in [0.2, 0.25) is 15.9 Å². The molecule has 0 bridgehead atoms. The number of allylic oxidation sites excluding steroid dienone is 3. The van der Waals surface area contributed by atoms with E-state index in [2.05, 4.69) is 5.32 Å². The van der Waals surface area contributed by atoms with Crippen molar-refractivity contribution in [2.24, 2.45) is 0 Å². The molecule has 0 heterocycles. The van der Waals surface area contributed by atoms with E-state index < -0.39 is 29.0 Å². The van der Waals surface area contributed by atoms with Crippen LogP contribution in [0.5, 0.6) is 0 Å². The summed E-state index contributed by atoms with van der Waals surface area (Å²) in [5.74, 6) is -1.31. The van der Waals surface area contributed by atoms with E-state index in [9.17, 15) is 23.3 Å². The molecule has 0 saturated heterocycles. The van der Waals surface area contributed by atoms with E-state index >= 15 is 0 Å². The number of carbonyl (C=O) groups excluding carboxylic acids is 1. The van der Waals surface area contributed by atoms with Gasteiger partial charge in [-0.15, -0.1) is 0 Å². The van der Waals surface area contributed by atoms with Crippen molar-refractivity contribution < 1.29 is 23.3 Å². The lowest BCUT2D eigenvalue weighted by Crippen LogP contribution is -2.48. The Morgan fingerprint density at radius 3 is 2.48 bits per heavy atom. The van der Waals surface area contributed by atoms with Gasteiger partial charge >= 0.3 is 7.12 Å². The minimum Gasteiger partial charge on any atom is -0.426 e. The van der Waals surface area contributed by atoms with E-state index in [1.807, 2.05) is 37.3 Å². The number of nitrogens with one attached hydrogen (secondary N) is 1. The second kappa shape index (κ2) is 10.7. The molecule has 1 aromatic rings. The molecule has 0 spiro atoms. The van der Waals surface area contributed by atoms with Crippen molar-refractivity contribution in [2.45, 2.75) is 45.5 Å². The minimum absolute atomic E-state index is 0.0224. The molecule has 0 aromatic heterocycles. The number of hydrogen-bond acceptors (Lipinski definition) is 5. The highest BCUT2D eigenvalue weighted by atomic mass is 32.2. The predicted octanol–water partition coefficient (Wildman–Crippen LogP) is 1.31. The maximum atomic E-state index is 12.7. The van der Waals surface area contributed by atoms with Crippen LogP contribution in [0.15, 0.2) is 47.4 Å². The number of sulfonamides is 1. The average Bonchev–Trinajstić information content (AvgIpc) is 2.70. The highest BCUT2D eigenvalue weighted by Crippen LogP contribution is 2.20. The molecule has 0 saturated carbocycles. The quantitative estimate of drug-likeness (QED) is 0.495. The Labute approximate surface area is 173 Å². The van der Waals surface area contributed by atoms with E-state index in [-0.39, 0.29) is 30.8 Å². The summed E-state index contributed by atoms with van der Waals surface area (Å²) in [6.45, 7) is 3.95. The molecule has 9 heteroatoms. The first kappa shape index (κ1) is 23.3. The monoisotopic (exact) mass is 420 g/mol. The van der Waals surface area contributed by atoms with Crippen molar-refractivity contribution in [2.75, 3.05) is 13.1 Å². The summed E-state index contributed by atoms with van der Waals surface area (Å²) in [6, 6.07) is 7.56. The van der Waals surface area contributed by atoms with Crippen LogP contribution >= 0.6 is 0 Å². The SMILES string of the molecule is CCN(CCC(=O)N[C@@H](Cc1ccc(C)cc1)B(O)O)S(=O)(=O)C1=CCCC=C1. The van der Waals surface area contributed by atoms with Gasteiger partial charge in [0.05, 0.1) is 10.8 Å². The van der Waals surface area contributed by atoms with E-state index in [0.717, 1.165) is 17.5 Å². The number of hydrogen-bond donors (Lipinski definition) is 3. The first-order chi connectivity index (χ1) is 13.7. The van der Waals surface area contributed by atoms with Gasteiger partial charge in [0.1, 0.15) is 0 Å². The Kier molecular flexibility index (Phi) is 8.64. The molecule has 0 fully saturated rings. The van der Waals surface area contributed by atoms with Crippen LogP contribution in [0.4, 0.5) is 0 Å². The summed E-state index contributed by atoms with van der Waals surface area (Å²) in [5, 5.41) is 21.8. The van der Waals surface area contributed by atoms with Crippen molar-refractivity contribution >= 4 is 23.0 Å². The van der Waals surface area contributed by atoms with Crippen LogP contribution in [0.1, 0.15) is 37.3 Å². The standard InChI is InChI=1S/C20H29BN2O5S/c1-3-23(29(27,28)18-7-5-4-6-8-18)14-13-20(24)22-19(21(25)26)15-17-11-9-16(2)10-12-17/h5,7-12,19,25-26H,3-4,6,13-15H2,1-2H3,(H,22,24)/t19-/m0/s1. The topological polar surface area (TPSA) is 107 Å². The van der Waals surface area contributed by atoms with Crippen LogP contribution in [-0.4, -0.2) is 54.8 Å². The maximum Gasteiger partial charge on any atom is 0.475 e. The summed E-state index contributed by atoms with van der Waals surface area (Å²) in [7, 11) is -5.36. The first-order valence-electron chi connectivity index (χ1n) is 9.82. The molecule has 3 N–H and O–H groups in total. The number of nitrogens with zero attached hydrogens (tertiary/aromatic N) is 1. The van der Waals surface area contributed by atoms with Crippen LogP contribution in [-0.2, 0) is 21.2 Å². The third-order valence-electron chi connectivity index (χ3n) is 4.82. The van der Waals surface area contributed by atoms with Crippen LogP contribution in [0.2, 0.25) is 0 Å². The number of aryl methyl sites for hydroxylation is 1. The van der Waals surface area contributed by atoms with Crippen LogP contribution < -0.4 is 5.32 Å². The summed E-state index contributed by atoms with van der Waals surface area (Å²) >= 11 is 0. The fourth-order valence-corrected chi connectivity index (χ4v) is 4.66. The molecule has 158 valence electrons. The van der Waals surface area contributed by atoms with Gasteiger partial charge in [0.25, 0.3) is 0 Å². The van der Waals surface area contributed by atoms with E-state index in [4.69, 9.17) is 0 Å². The molecule has 1 aliphatic rings. The lowest BCUT2D eigenvalue weighted by Gasteiger charge is -2.23. The molecular formula is C20H29BN2O5S. The van der Waals surface area contributed by atoms with Gasteiger partial charge in [0, 0.05) is 19.5 Å². The largest absolute Gasteiger partial charge is 0.475 e. The van der Waals surface area contributed by atoms with Gasteiger partial charge in [-0.25, -0.2) is 8.42 Å². The molecule has 0 radical (unpaired) electrons. The zero-order chi connectivity index (χ0) is 21.4. The number of amides is 1. The second-order valence-corrected chi connectivity index (χ2v) is 9.05. The third-order valence-corrected chi connectivity index (χ3v) is 6.84. The van der Waals surface area contributed by atoms with Crippen LogP contribution in [0, 0.1) is 6.92 Å². The first-order valence-corrected chi connectivity index (χ1v) is 11.3. The summed E-state index contributed by atoms with van der Waals surface area (Å²) in [6.07, 6.45) is 6.81. The normalized spacial score (nSPS) is 15.1. The van der Waals surface area contributed by atoms with Crippen molar-refractivity contribution in [1.82, 2.24) is 9.62 Å². The maximum absolute atomic E-state index is 12.7. The van der Waals surface area contributed by atoms with Crippen molar-refractivity contribution in [3.8, 4) is 0 Å². The van der Waals surface area contributed by atoms with Crippen molar-refractivity contribution in [3.63, 3.8) is 0 Å². The Balaban J connectivity index is 1.95. The third kappa shape index (κ3) is 6.81. The smallest absolute Gasteiger partial charge is 0.426 e. The van der Waals surface area contributed by atoms with Gasteiger partial charge in [0.15, 0.2) is 0 Å².